The summed E-state index contributed by atoms with van der Waals surface area (Å²) in [7, 11) is 0. The molecule has 1 atom stereocenters. The average molecular weight is 398 g/mol. The van der Waals surface area contributed by atoms with Gasteiger partial charge in [0.1, 0.15) is 5.83 Å². The summed E-state index contributed by atoms with van der Waals surface area (Å²) in [6, 6.07) is 1.52. The number of carbonyl (C=O) groups excluding carboxylic acids is 1. The van der Waals surface area contributed by atoms with Crippen LogP contribution >= 0.6 is 0 Å². The maximum atomic E-state index is 14.3. The van der Waals surface area contributed by atoms with Gasteiger partial charge in [0.2, 0.25) is 5.95 Å². The number of anilines is 1. The predicted octanol–water partition coefficient (Wildman–Crippen LogP) is 4.56. The van der Waals surface area contributed by atoms with E-state index >= 15 is 0 Å². The van der Waals surface area contributed by atoms with Crippen molar-refractivity contribution in [2.45, 2.75) is 52.5 Å². The number of aromatic nitrogens is 3. The van der Waals surface area contributed by atoms with E-state index in [1.54, 1.807) is 18.6 Å². The number of nitrogens with one attached hydrogen (secondary N) is 1. The largest absolute Gasteiger partial charge is 0.335 e. The van der Waals surface area contributed by atoms with Crippen LogP contribution in [-0.4, -0.2) is 39.4 Å². The number of nitrogens with zero attached hydrogens (tertiary/aromatic N) is 5. The standard InChI is InChI=1S/C21H27FN6O/c1-4-5-10-27-16(3)12-18(22)14-23-9-6-7-15(2)25-21(29)28-11-8-17-13-24-20(27)26-19(17)28/h8-9,11-15H,4-7,10H2,1-3H3,(H,25,29)/b16-12+,18-14+,23-9+. The number of aliphatic imine (C=N–C) groups is 1. The lowest BCUT2D eigenvalue weighted by molar-refractivity contribution is 0.239. The fraction of sp³-hybridized carbons (Fsp3) is 0.429. The van der Waals surface area contributed by atoms with Gasteiger partial charge < -0.3 is 10.2 Å². The third-order valence-corrected chi connectivity index (χ3v) is 4.78. The fourth-order valence-electron chi connectivity index (χ4n) is 3.14. The van der Waals surface area contributed by atoms with Crippen molar-refractivity contribution in [1.29, 1.82) is 0 Å². The highest BCUT2D eigenvalue weighted by atomic mass is 19.1. The molecule has 1 aliphatic rings. The van der Waals surface area contributed by atoms with E-state index in [1.807, 2.05) is 24.8 Å². The van der Waals surface area contributed by atoms with Crippen molar-refractivity contribution in [2.75, 3.05) is 11.4 Å². The smallest absolute Gasteiger partial charge is 0.327 e. The Morgan fingerprint density at radius 3 is 3.00 bits per heavy atom. The zero-order valence-electron chi connectivity index (χ0n) is 17.1. The molecule has 1 N–H and O–H groups in total. The molecule has 0 saturated carbocycles. The number of hydrogen-bond acceptors (Lipinski definition) is 5. The summed E-state index contributed by atoms with van der Waals surface area (Å²) in [5, 5.41) is 3.74. The van der Waals surface area contributed by atoms with Gasteiger partial charge in [0.05, 0.1) is 6.20 Å². The van der Waals surface area contributed by atoms with E-state index in [9.17, 15) is 9.18 Å². The molecular weight excluding hydrogens is 371 g/mol. The summed E-state index contributed by atoms with van der Waals surface area (Å²) < 4.78 is 15.8. The topological polar surface area (TPSA) is 75.4 Å². The summed E-state index contributed by atoms with van der Waals surface area (Å²) in [6.45, 7) is 6.48. The Balaban J connectivity index is 2.09. The molecule has 2 aromatic heterocycles. The van der Waals surface area contributed by atoms with Gasteiger partial charge in [0.15, 0.2) is 5.65 Å². The van der Waals surface area contributed by atoms with Gasteiger partial charge in [-0.3, -0.25) is 9.56 Å². The van der Waals surface area contributed by atoms with E-state index in [4.69, 9.17) is 0 Å². The number of unbranched alkanes of at least 4 members (excludes halogenated alkanes) is 1. The summed E-state index contributed by atoms with van der Waals surface area (Å²) in [4.78, 5) is 27.7. The third kappa shape index (κ3) is 5.07. The van der Waals surface area contributed by atoms with Crippen LogP contribution in [0.3, 0.4) is 0 Å². The molecule has 0 aromatic carbocycles. The van der Waals surface area contributed by atoms with E-state index in [1.165, 1.54) is 16.8 Å². The SMILES string of the molecule is CCCCN1/C(C)=C/C(F)=C\N=C\CCC(C)NC(=O)n2ccc3cnc1nc32. The quantitative estimate of drug-likeness (QED) is 0.822. The highest BCUT2D eigenvalue weighted by Crippen LogP contribution is 2.21. The molecule has 0 radical (unpaired) electrons. The second kappa shape index (κ2) is 9.45. The van der Waals surface area contributed by atoms with Crippen molar-refractivity contribution < 1.29 is 9.18 Å². The van der Waals surface area contributed by atoms with Crippen molar-refractivity contribution in [3.8, 4) is 0 Å². The van der Waals surface area contributed by atoms with Gasteiger partial charge in [-0.1, -0.05) is 13.3 Å². The molecule has 8 heteroatoms. The van der Waals surface area contributed by atoms with Crippen LogP contribution in [0.1, 0.15) is 46.5 Å². The molecule has 3 heterocycles. The molecule has 154 valence electrons. The Morgan fingerprint density at radius 1 is 1.38 bits per heavy atom. The predicted molar refractivity (Wildman–Crippen MR) is 114 cm³/mol. The molecule has 29 heavy (non-hydrogen) atoms. The maximum absolute atomic E-state index is 14.3. The van der Waals surface area contributed by atoms with Crippen LogP contribution < -0.4 is 10.2 Å². The van der Waals surface area contributed by atoms with Gasteiger partial charge in [-0.15, -0.1) is 0 Å². The Kier molecular flexibility index (Phi) is 6.74. The lowest BCUT2D eigenvalue weighted by Crippen LogP contribution is -2.35. The molecule has 7 nitrogen and oxygen atoms in total. The summed E-state index contributed by atoms with van der Waals surface area (Å²) >= 11 is 0. The molecule has 0 spiro atoms. The maximum Gasteiger partial charge on any atom is 0.327 e. The minimum Gasteiger partial charge on any atom is -0.335 e. The molecule has 1 unspecified atom stereocenters. The Hall–Kier alpha value is -3.03. The van der Waals surface area contributed by atoms with Crippen molar-refractivity contribution in [3.63, 3.8) is 0 Å². The highest BCUT2D eigenvalue weighted by Gasteiger charge is 2.17. The first-order valence-electron chi connectivity index (χ1n) is 9.97. The lowest BCUT2D eigenvalue weighted by Gasteiger charge is -2.23. The van der Waals surface area contributed by atoms with Gasteiger partial charge in [-0.05, 0) is 45.3 Å². The van der Waals surface area contributed by atoms with Crippen LogP contribution in [-0.2, 0) is 0 Å². The van der Waals surface area contributed by atoms with Crippen LogP contribution in [0.5, 0.6) is 0 Å². The summed E-state index contributed by atoms with van der Waals surface area (Å²) in [5.74, 6) is 0.00189. The van der Waals surface area contributed by atoms with Crippen molar-refractivity contribution in [1.82, 2.24) is 19.9 Å². The lowest BCUT2D eigenvalue weighted by atomic mass is 10.2. The van der Waals surface area contributed by atoms with Crippen LogP contribution in [0.25, 0.3) is 11.0 Å². The molecule has 1 amide bonds. The van der Waals surface area contributed by atoms with Gasteiger partial charge in [-0.25, -0.2) is 14.2 Å². The van der Waals surface area contributed by atoms with Crippen LogP contribution in [0.2, 0.25) is 0 Å². The number of rotatable bonds is 3. The number of halogens is 1. The second-order valence-electron chi connectivity index (χ2n) is 7.20. The van der Waals surface area contributed by atoms with E-state index < -0.39 is 5.83 Å². The van der Waals surface area contributed by atoms with Crippen molar-refractivity contribution >= 4 is 29.2 Å². The first-order chi connectivity index (χ1) is 14.0. The molecule has 2 aromatic rings. The second-order valence-corrected chi connectivity index (χ2v) is 7.20. The zero-order chi connectivity index (χ0) is 20.8. The number of fused-ring (bicyclic) bond motifs is 1. The first kappa shape index (κ1) is 20.7. The zero-order valence-corrected chi connectivity index (χ0v) is 17.1. The molecule has 0 aliphatic carbocycles. The molecule has 0 saturated heterocycles. The van der Waals surface area contributed by atoms with Gasteiger partial charge in [-0.2, -0.15) is 4.98 Å². The molecule has 0 fully saturated rings. The summed E-state index contributed by atoms with van der Waals surface area (Å²) in [5.41, 5.74) is 1.20. The Morgan fingerprint density at radius 2 is 2.21 bits per heavy atom. The van der Waals surface area contributed by atoms with Gasteiger partial charge in [0.25, 0.3) is 0 Å². The van der Waals surface area contributed by atoms with E-state index in [0.29, 0.717) is 36.7 Å². The van der Waals surface area contributed by atoms with Gasteiger partial charge in [0, 0.05) is 42.3 Å². The highest BCUT2D eigenvalue weighted by molar-refractivity contribution is 5.89. The van der Waals surface area contributed by atoms with E-state index in [-0.39, 0.29) is 12.1 Å². The van der Waals surface area contributed by atoms with Crippen LogP contribution in [0.15, 0.2) is 47.3 Å². The normalized spacial score (nSPS) is 23.4. The number of allylic oxidation sites excluding steroid dienone is 3. The molecule has 1 aliphatic heterocycles. The number of carbonyl (C=O) groups is 1. The molecule has 3 rings (SSSR count). The van der Waals surface area contributed by atoms with Crippen molar-refractivity contribution in [3.05, 3.63) is 42.3 Å². The Labute approximate surface area is 170 Å². The van der Waals surface area contributed by atoms with E-state index in [2.05, 4.69) is 27.2 Å². The van der Waals surface area contributed by atoms with Crippen LogP contribution in [0, 0.1) is 0 Å². The number of hydrogen-bond donors (Lipinski definition) is 1. The average Bonchev–Trinajstić information content (AvgIpc) is 3.10. The summed E-state index contributed by atoms with van der Waals surface area (Å²) in [6.07, 6.45) is 10.9. The monoisotopic (exact) mass is 398 g/mol. The van der Waals surface area contributed by atoms with Crippen molar-refractivity contribution in [2.24, 2.45) is 4.99 Å². The molecule has 2 bridgehead atoms. The Bertz CT molecular complexity index is 961. The molecular formula is C21H27FN6O. The number of amides is 1. The van der Waals surface area contributed by atoms with Gasteiger partial charge >= 0.3 is 6.03 Å². The van der Waals surface area contributed by atoms with Crippen LogP contribution in [0.4, 0.5) is 15.1 Å². The van der Waals surface area contributed by atoms with E-state index in [0.717, 1.165) is 18.2 Å². The minimum absolute atomic E-state index is 0.0577. The minimum atomic E-state index is -0.432. The fourth-order valence-corrected chi connectivity index (χ4v) is 3.14. The first-order valence-corrected chi connectivity index (χ1v) is 9.97. The third-order valence-electron chi connectivity index (χ3n) is 4.78.